The number of aryl methyl sites for hydroxylation is 1. The molecule has 1 atom stereocenters. The molecule has 0 fully saturated rings. The standard InChI is InChI=1S/C12H11F4N3O/c1-19-11(17-6-18-19)5-10(20)7-2-3-9(13)8(4-7)12(14,15)16/h2-4,6,10,20H,5H2,1H3. The fourth-order valence-electron chi connectivity index (χ4n) is 1.76. The highest BCUT2D eigenvalue weighted by Crippen LogP contribution is 2.33. The van der Waals surface area contributed by atoms with Gasteiger partial charge in [0.25, 0.3) is 0 Å². The topological polar surface area (TPSA) is 50.9 Å². The number of rotatable bonds is 3. The van der Waals surface area contributed by atoms with E-state index in [0.717, 1.165) is 6.07 Å². The zero-order chi connectivity index (χ0) is 14.9. The molecule has 0 bridgehead atoms. The van der Waals surface area contributed by atoms with Crippen LogP contribution in [0.2, 0.25) is 0 Å². The van der Waals surface area contributed by atoms with Crippen molar-refractivity contribution in [2.75, 3.05) is 0 Å². The molecule has 2 aromatic rings. The number of hydrogen-bond donors (Lipinski definition) is 1. The quantitative estimate of drug-likeness (QED) is 0.882. The van der Waals surface area contributed by atoms with Crippen molar-refractivity contribution in [3.8, 4) is 0 Å². The molecule has 108 valence electrons. The first-order chi connectivity index (χ1) is 9.29. The molecule has 4 nitrogen and oxygen atoms in total. The van der Waals surface area contributed by atoms with Gasteiger partial charge in [-0.05, 0) is 17.7 Å². The fraction of sp³-hybridized carbons (Fsp3) is 0.333. The molecule has 0 spiro atoms. The van der Waals surface area contributed by atoms with E-state index in [2.05, 4.69) is 10.1 Å². The van der Waals surface area contributed by atoms with Crippen LogP contribution in [0.25, 0.3) is 0 Å². The number of aliphatic hydroxyl groups is 1. The lowest BCUT2D eigenvalue weighted by Gasteiger charge is -2.14. The predicted octanol–water partition coefficient (Wildman–Crippen LogP) is 2.25. The lowest BCUT2D eigenvalue weighted by molar-refractivity contribution is -0.140. The van der Waals surface area contributed by atoms with E-state index in [1.807, 2.05) is 0 Å². The van der Waals surface area contributed by atoms with Gasteiger partial charge in [0.05, 0.1) is 11.7 Å². The van der Waals surface area contributed by atoms with E-state index in [-0.39, 0.29) is 12.0 Å². The van der Waals surface area contributed by atoms with Crippen LogP contribution in [-0.2, 0) is 19.6 Å². The summed E-state index contributed by atoms with van der Waals surface area (Å²) in [7, 11) is 1.60. The minimum Gasteiger partial charge on any atom is -0.388 e. The van der Waals surface area contributed by atoms with Crippen molar-refractivity contribution in [2.45, 2.75) is 18.7 Å². The Kier molecular flexibility index (Phi) is 3.76. The highest BCUT2D eigenvalue weighted by molar-refractivity contribution is 5.29. The molecule has 0 amide bonds. The summed E-state index contributed by atoms with van der Waals surface area (Å²) in [6, 6.07) is 2.42. The third-order valence-electron chi connectivity index (χ3n) is 2.86. The molecule has 8 heteroatoms. The Bertz CT molecular complexity index is 609. The summed E-state index contributed by atoms with van der Waals surface area (Å²) in [4.78, 5) is 3.87. The van der Waals surface area contributed by atoms with Crippen molar-refractivity contribution in [1.29, 1.82) is 0 Å². The molecule has 0 radical (unpaired) electrons. The third-order valence-corrected chi connectivity index (χ3v) is 2.86. The summed E-state index contributed by atoms with van der Waals surface area (Å²) < 4.78 is 52.3. The van der Waals surface area contributed by atoms with Gasteiger partial charge >= 0.3 is 6.18 Å². The number of hydrogen-bond acceptors (Lipinski definition) is 3. The zero-order valence-electron chi connectivity index (χ0n) is 10.4. The molecule has 2 rings (SSSR count). The summed E-state index contributed by atoms with van der Waals surface area (Å²) in [5.41, 5.74) is -1.42. The zero-order valence-corrected chi connectivity index (χ0v) is 10.4. The van der Waals surface area contributed by atoms with Crippen LogP contribution in [0.5, 0.6) is 0 Å². The monoisotopic (exact) mass is 289 g/mol. The van der Waals surface area contributed by atoms with Crippen LogP contribution in [0.4, 0.5) is 17.6 Å². The number of aromatic nitrogens is 3. The van der Waals surface area contributed by atoms with Crippen LogP contribution < -0.4 is 0 Å². The van der Waals surface area contributed by atoms with E-state index < -0.39 is 23.7 Å². The van der Waals surface area contributed by atoms with Gasteiger partial charge in [-0.25, -0.2) is 9.37 Å². The first-order valence-electron chi connectivity index (χ1n) is 5.66. The van der Waals surface area contributed by atoms with E-state index in [1.54, 1.807) is 7.05 Å². The van der Waals surface area contributed by atoms with Crippen molar-refractivity contribution >= 4 is 0 Å². The van der Waals surface area contributed by atoms with Gasteiger partial charge in [-0.1, -0.05) is 6.07 Å². The van der Waals surface area contributed by atoms with Crippen LogP contribution in [0, 0.1) is 5.82 Å². The first-order valence-corrected chi connectivity index (χ1v) is 5.66. The largest absolute Gasteiger partial charge is 0.419 e. The maximum Gasteiger partial charge on any atom is 0.419 e. The first kappa shape index (κ1) is 14.4. The van der Waals surface area contributed by atoms with Crippen LogP contribution in [-0.4, -0.2) is 19.9 Å². The minimum atomic E-state index is -4.80. The van der Waals surface area contributed by atoms with Gasteiger partial charge in [0.15, 0.2) is 0 Å². The minimum absolute atomic E-state index is 0.0145. The normalized spacial score (nSPS) is 13.5. The molecule has 1 heterocycles. The second-order valence-corrected chi connectivity index (χ2v) is 4.26. The van der Waals surface area contributed by atoms with E-state index in [9.17, 15) is 22.7 Å². The number of benzene rings is 1. The number of halogens is 4. The van der Waals surface area contributed by atoms with Crippen molar-refractivity contribution < 1.29 is 22.7 Å². The van der Waals surface area contributed by atoms with Gasteiger partial charge in [0, 0.05) is 13.5 Å². The summed E-state index contributed by atoms with van der Waals surface area (Å²) in [5.74, 6) is -0.956. The molecule has 0 saturated heterocycles. The Balaban J connectivity index is 2.27. The molecule has 0 aliphatic carbocycles. The third kappa shape index (κ3) is 2.96. The molecule has 1 unspecified atom stereocenters. The highest BCUT2D eigenvalue weighted by Gasteiger charge is 2.34. The van der Waals surface area contributed by atoms with Crippen LogP contribution in [0.3, 0.4) is 0 Å². The number of nitrogens with zero attached hydrogens (tertiary/aromatic N) is 3. The summed E-state index contributed by atoms with van der Waals surface area (Å²) in [5, 5.41) is 13.7. The Morgan fingerprint density at radius 1 is 1.35 bits per heavy atom. The van der Waals surface area contributed by atoms with E-state index in [4.69, 9.17) is 0 Å². The van der Waals surface area contributed by atoms with Crippen molar-refractivity contribution in [2.24, 2.45) is 7.05 Å². The average Bonchev–Trinajstić information content (AvgIpc) is 2.74. The molecule has 1 aromatic heterocycles. The predicted molar refractivity (Wildman–Crippen MR) is 61.1 cm³/mol. The summed E-state index contributed by atoms with van der Waals surface area (Å²) >= 11 is 0. The van der Waals surface area contributed by atoms with E-state index in [1.165, 1.54) is 11.0 Å². The van der Waals surface area contributed by atoms with Gasteiger partial charge in [-0.3, -0.25) is 4.68 Å². The molecule has 0 aliphatic heterocycles. The van der Waals surface area contributed by atoms with Gasteiger partial charge in [0.2, 0.25) is 0 Å². The highest BCUT2D eigenvalue weighted by atomic mass is 19.4. The van der Waals surface area contributed by atoms with E-state index >= 15 is 0 Å². The van der Waals surface area contributed by atoms with Gasteiger partial charge in [0.1, 0.15) is 18.0 Å². The maximum absolute atomic E-state index is 13.1. The number of alkyl halides is 3. The van der Waals surface area contributed by atoms with Crippen LogP contribution in [0.1, 0.15) is 23.1 Å². The van der Waals surface area contributed by atoms with Gasteiger partial charge in [-0.2, -0.15) is 18.3 Å². The smallest absolute Gasteiger partial charge is 0.388 e. The Hall–Kier alpha value is -1.96. The Morgan fingerprint density at radius 3 is 2.60 bits per heavy atom. The Labute approximate surface area is 111 Å². The lowest BCUT2D eigenvalue weighted by Crippen LogP contribution is -2.12. The van der Waals surface area contributed by atoms with Crippen molar-refractivity contribution in [1.82, 2.24) is 14.8 Å². The van der Waals surface area contributed by atoms with Crippen molar-refractivity contribution in [3.05, 3.63) is 47.3 Å². The number of aliphatic hydroxyl groups excluding tert-OH is 1. The summed E-state index contributed by atoms with van der Waals surface area (Å²) in [6.45, 7) is 0. The molecule has 20 heavy (non-hydrogen) atoms. The van der Waals surface area contributed by atoms with Gasteiger partial charge in [-0.15, -0.1) is 0 Å². The average molecular weight is 289 g/mol. The molecule has 0 saturated carbocycles. The lowest BCUT2D eigenvalue weighted by atomic mass is 10.0. The van der Waals surface area contributed by atoms with Crippen LogP contribution in [0.15, 0.2) is 24.5 Å². The van der Waals surface area contributed by atoms with Crippen LogP contribution >= 0.6 is 0 Å². The fourth-order valence-corrected chi connectivity index (χ4v) is 1.76. The molecular weight excluding hydrogens is 278 g/mol. The Morgan fingerprint density at radius 2 is 2.05 bits per heavy atom. The SMILES string of the molecule is Cn1ncnc1CC(O)c1ccc(F)c(C(F)(F)F)c1. The second-order valence-electron chi connectivity index (χ2n) is 4.26. The molecule has 0 aliphatic rings. The second kappa shape index (κ2) is 5.20. The molecule has 1 N–H and O–H groups in total. The molecular formula is C12H11F4N3O. The van der Waals surface area contributed by atoms with Crippen molar-refractivity contribution in [3.63, 3.8) is 0 Å². The maximum atomic E-state index is 13.1. The van der Waals surface area contributed by atoms with E-state index in [0.29, 0.717) is 18.0 Å². The molecule has 1 aromatic carbocycles. The summed E-state index contributed by atoms with van der Waals surface area (Å²) in [6.07, 6.45) is -4.77. The van der Waals surface area contributed by atoms with Gasteiger partial charge < -0.3 is 5.11 Å².